The second kappa shape index (κ2) is 6.18. The maximum Gasteiger partial charge on any atom is 0.126 e. The number of nitrogens with zero attached hydrogens (tertiary/aromatic N) is 1. The lowest BCUT2D eigenvalue weighted by atomic mass is 10.0. The minimum absolute atomic E-state index is 0.0830. The molecule has 0 amide bonds. The number of halogens is 4. The molecule has 100 valence electrons. The van der Waals surface area contributed by atoms with Crippen molar-refractivity contribution in [2.75, 3.05) is 0 Å². The van der Waals surface area contributed by atoms with Gasteiger partial charge in [-0.1, -0.05) is 39.1 Å². The second-order valence-corrected chi connectivity index (χ2v) is 5.74. The van der Waals surface area contributed by atoms with Crippen LogP contribution in [-0.2, 0) is 6.42 Å². The molecule has 0 aliphatic rings. The van der Waals surface area contributed by atoms with Crippen LogP contribution in [0.4, 0.5) is 4.39 Å². The van der Waals surface area contributed by atoms with Gasteiger partial charge >= 0.3 is 0 Å². The Morgan fingerprint density at radius 1 is 1.32 bits per heavy atom. The molecule has 0 aliphatic heterocycles. The van der Waals surface area contributed by atoms with Gasteiger partial charge in [0.25, 0.3) is 0 Å². The monoisotopic (exact) mass is 363 g/mol. The maximum atomic E-state index is 13.6. The molecule has 1 unspecified atom stereocenters. The smallest absolute Gasteiger partial charge is 0.126 e. The van der Waals surface area contributed by atoms with Gasteiger partial charge in [-0.2, -0.15) is 0 Å². The molecule has 6 heteroatoms. The maximum absolute atomic E-state index is 13.6. The zero-order valence-electron chi connectivity index (χ0n) is 9.58. The van der Waals surface area contributed by atoms with Gasteiger partial charge in [0.1, 0.15) is 11.9 Å². The van der Waals surface area contributed by atoms with E-state index in [1.165, 1.54) is 18.3 Å². The first kappa shape index (κ1) is 14.7. The average Bonchev–Trinajstić information content (AvgIpc) is 2.33. The van der Waals surface area contributed by atoms with Crippen LogP contribution < -0.4 is 0 Å². The van der Waals surface area contributed by atoms with Crippen LogP contribution in [0.25, 0.3) is 0 Å². The van der Waals surface area contributed by atoms with Gasteiger partial charge in [-0.05, 0) is 29.8 Å². The summed E-state index contributed by atoms with van der Waals surface area (Å²) < 4.78 is 14.3. The number of benzene rings is 1. The summed E-state index contributed by atoms with van der Waals surface area (Å²) in [5.41, 5.74) is 0.667. The van der Waals surface area contributed by atoms with E-state index < -0.39 is 6.10 Å². The van der Waals surface area contributed by atoms with Gasteiger partial charge in [-0.15, -0.1) is 0 Å². The number of aliphatic hydroxyl groups excluding tert-OH is 1. The Hall–Kier alpha value is -0.680. The molecule has 19 heavy (non-hydrogen) atoms. The number of aromatic nitrogens is 1. The molecule has 0 fully saturated rings. The Balaban J connectivity index is 2.25. The van der Waals surface area contributed by atoms with Gasteiger partial charge in [-0.25, -0.2) is 4.39 Å². The van der Waals surface area contributed by atoms with E-state index in [1.54, 1.807) is 12.1 Å². The first-order chi connectivity index (χ1) is 8.97. The van der Waals surface area contributed by atoms with Crippen molar-refractivity contribution in [3.8, 4) is 0 Å². The fourth-order valence-corrected chi connectivity index (χ4v) is 2.59. The molecule has 0 radical (unpaired) electrons. The van der Waals surface area contributed by atoms with E-state index in [2.05, 4.69) is 20.9 Å². The molecule has 0 spiro atoms. The molecule has 0 bridgehead atoms. The third kappa shape index (κ3) is 3.66. The van der Waals surface area contributed by atoms with E-state index in [-0.39, 0.29) is 23.0 Å². The van der Waals surface area contributed by atoms with Gasteiger partial charge in [0.2, 0.25) is 0 Å². The summed E-state index contributed by atoms with van der Waals surface area (Å²) >= 11 is 14.9. The van der Waals surface area contributed by atoms with Crippen molar-refractivity contribution >= 4 is 39.1 Å². The summed E-state index contributed by atoms with van der Waals surface area (Å²) in [6.45, 7) is 0. The SMILES string of the molecule is OC(Cc1cc(Br)ccc1F)c1ncc(Cl)cc1Cl. The van der Waals surface area contributed by atoms with E-state index >= 15 is 0 Å². The molecule has 1 heterocycles. The number of hydrogen-bond donors (Lipinski definition) is 1. The van der Waals surface area contributed by atoms with Crippen molar-refractivity contribution < 1.29 is 9.50 Å². The zero-order valence-corrected chi connectivity index (χ0v) is 12.7. The van der Waals surface area contributed by atoms with Crippen LogP contribution in [0.15, 0.2) is 34.9 Å². The van der Waals surface area contributed by atoms with Gasteiger partial charge in [0.15, 0.2) is 0 Å². The molecule has 1 atom stereocenters. The van der Waals surface area contributed by atoms with Crippen LogP contribution in [0.3, 0.4) is 0 Å². The number of pyridine rings is 1. The van der Waals surface area contributed by atoms with E-state index in [1.807, 2.05) is 0 Å². The first-order valence-corrected chi connectivity index (χ1v) is 6.95. The summed E-state index contributed by atoms with van der Waals surface area (Å²) in [6, 6.07) is 6.04. The number of hydrogen-bond acceptors (Lipinski definition) is 2. The highest BCUT2D eigenvalue weighted by atomic mass is 79.9. The Kier molecular flexibility index (Phi) is 4.79. The molecule has 0 saturated carbocycles. The molecule has 2 nitrogen and oxygen atoms in total. The summed E-state index contributed by atoms with van der Waals surface area (Å²) in [7, 11) is 0. The van der Waals surface area contributed by atoms with E-state index in [4.69, 9.17) is 23.2 Å². The molecule has 2 aromatic rings. The van der Waals surface area contributed by atoms with Crippen molar-refractivity contribution in [2.45, 2.75) is 12.5 Å². The normalized spacial score (nSPS) is 12.5. The fraction of sp³-hybridized carbons (Fsp3) is 0.154. The lowest BCUT2D eigenvalue weighted by molar-refractivity contribution is 0.172. The molecule has 2 rings (SSSR count). The summed E-state index contributed by atoms with van der Waals surface area (Å²) in [5, 5.41) is 10.7. The summed E-state index contributed by atoms with van der Waals surface area (Å²) in [6.07, 6.45) is 0.483. The largest absolute Gasteiger partial charge is 0.386 e. The fourth-order valence-electron chi connectivity index (χ4n) is 1.68. The predicted molar refractivity (Wildman–Crippen MR) is 77.0 cm³/mol. The highest BCUT2D eigenvalue weighted by molar-refractivity contribution is 9.10. The Morgan fingerprint density at radius 3 is 2.74 bits per heavy atom. The second-order valence-electron chi connectivity index (χ2n) is 3.98. The zero-order chi connectivity index (χ0) is 14.0. The standard InChI is InChI=1S/C13H9BrCl2FNO/c14-8-1-2-11(17)7(3-8)4-12(19)13-10(16)5-9(15)6-18-13/h1-3,5-6,12,19H,4H2. The highest BCUT2D eigenvalue weighted by Gasteiger charge is 2.16. The summed E-state index contributed by atoms with van der Waals surface area (Å²) in [5.74, 6) is -0.382. The number of aliphatic hydroxyl groups is 1. The third-order valence-electron chi connectivity index (χ3n) is 2.57. The Bertz CT molecular complexity index is 609. The van der Waals surface area contributed by atoms with Crippen molar-refractivity contribution in [3.05, 3.63) is 62.1 Å². The molecule has 1 aromatic heterocycles. The van der Waals surface area contributed by atoms with Crippen LogP contribution in [0.1, 0.15) is 17.4 Å². The first-order valence-electron chi connectivity index (χ1n) is 5.40. The minimum Gasteiger partial charge on any atom is -0.386 e. The van der Waals surface area contributed by atoms with Gasteiger partial charge in [0, 0.05) is 17.1 Å². The predicted octanol–water partition coefficient (Wildman–Crippen LogP) is 4.57. The molecule has 1 N–H and O–H groups in total. The van der Waals surface area contributed by atoms with Crippen LogP contribution in [0.2, 0.25) is 10.0 Å². The molecule has 1 aromatic carbocycles. The van der Waals surface area contributed by atoms with E-state index in [9.17, 15) is 9.50 Å². The van der Waals surface area contributed by atoms with Crippen molar-refractivity contribution in [1.82, 2.24) is 4.98 Å². The van der Waals surface area contributed by atoms with Gasteiger partial charge < -0.3 is 5.11 Å². The third-order valence-corrected chi connectivity index (χ3v) is 3.58. The van der Waals surface area contributed by atoms with E-state index in [0.29, 0.717) is 10.6 Å². The van der Waals surface area contributed by atoms with Crippen molar-refractivity contribution in [3.63, 3.8) is 0 Å². The lowest BCUT2D eigenvalue weighted by Crippen LogP contribution is -2.06. The molecule has 0 saturated heterocycles. The Labute approximate surface area is 128 Å². The lowest BCUT2D eigenvalue weighted by Gasteiger charge is -2.12. The van der Waals surface area contributed by atoms with Crippen LogP contribution in [0.5, 0.6) is 0 Å². The van der Waals surface area contributed by atoms with Gasteiger partial charge in [0.05, 0.1) is 15.7 Å². The summed E-state index contributed by atoms with van der Waals surface area (Å²) in [4.78, 5) is 3.98. The minimum atomic E-state index is -0.992. The van der Waals surface area contributed by atoms with Crippen LogP contribution in [-0.4, -0.2) is 10.1 Å². The number of rotatable bonds is 3. The van der Waals surface area contributed by atoms with Crippen molar-refractivity contribution in [2.24, 2.45) is 0 Å². The van der Waals surface area contributed by atoms with E-state index in [0.717, 1.165) is 4.47 Å². The molecular formula is C13H9BrCl2FNO. The average molecular weight is 365 g/mol. The molecule has 0 aliphatic carbocycles. The van der Waals surface area contributed by atoms with Crippen molar-refractivity contribution in [1.29, 1.82) is 0 Å². The van der Waals surface area contributed by atoms with Gasteiger partial charge in [-0.3, -0.25) is 4.98 Å². The highest BCUT2D eigenvalue weighted by Crippen LogP contribution is 2.27. The van der Waals surface area contributed by atoms with Crippen LogP contribution in [0, 0.1) is 5.82 Å². The molecular weight excluding hydrogens is 356 g/mol. The Morgan fingerprint density at radius 2 is 2.05 bits per heavy atom. The van der Waals surface area contributed by atoms with Crippen LogP contribution >= 0.6 is 39.1 Å². The quantitative estimate of drug-likeness (QED) is 0.865. The topological polar surface area (TPSA) is 33.1 Å².